The van der Waals surface area contributed by atoms with Crippen LogP contribution in [-0.4, -0.2) is 18.1 Å². The molecule has 0 rings (SSSR count). The molecule has 0 aromatic carbocycles. The fourth-order valence-electron chi connectivity index (χ4n) is 0.246. The van der Waals surface area contributed by atoms with Crippen LogP contribution in [0.5, 0.6) is 0 Å². The molecule has 0 saturated carbocycles. The largest absolute Gasteiger partial charge is 1.00 e. The van der Waals surface area contributed by atoms with E-state index in [0.717, 1.165) is 6.42 Å². The zero-order valence-electron chi connectivity index (χ0n) is 7.85. The molecule has 78 valence electrons. The molecule has 1 amide bonds. The van der Waals surface area contributed by atoms with E-state index in [-0.39, 0.29) is 35.5 Å². The van der Waals surface area contributed by atoms with Crippen LogP contribution in [0.2, 0.25) is 0 Å². The van der Waals surface area contributed by atoms with Crippen molar-refractivity contribution in [1.82, 2.24) is 0 Å². The summed E-state index contributed by atoms with van der Waals surface area (Å²) < 4.78 is 31.5. The molecule has 0 aliphatic rings. The quantitative estimate of drug-likeness (QED) is 0.495. The molecule has 0 aliphatic heterocycles. The summed E-state index contributed by atoms with van der Waals surface area (Å²) in [5, 5.41) is 8.78. The van der Waals surface area contributed by atoms with Crippen molar-refractivity contribution in [2.24, 2.45) is 5.73 Å². The van der Waals surface area contributed by atoms with Gasteiger partial charge in [0.2, 0.25) is 5.91 Å². The molecule has 0 unspecified atom stereocenters. The van der Waals surface area contributed by atoms with Crippen molar-refractivity contribution in [3.63, 3.8) is 0 Å². The summed E-state index contributed by atoms with van der Waals surface area (Å²) in [5.41, 5.74) is 4.76. The third kappa shape index (κ3) is 17.7. The van der Waals surface area contributed by atoms with Crippen LogP contribution in [0.25, 0.3) is 0 Å². The second kappa shape index (κ2) is 9.29. The number of alkyl halides is 3. The molecule has 0 atom stereocenters. The molecule has 2 N–H and O–H groups in total. The first-order valence-corrected chi connectivity index (χ1v) is 3.28. The fraction of sp³-hybridized carbons (Fsp3) is 0.667. The molecule has 0 bridgehead atoms. The van der Waals surface area contributed by atoms with E-state index in [4.69, 9.17) is 15.6 Å². The van der Waals surface area contributed by atoms with E-state index in [9.17, 15) is 18.0 Å². The third-order valence-electron chi connectivity index (χ3n) is 0.728. The zero-order chi connectivity index (χ0) is 11.1. The van der Waals surface area contributed by atoms with Gasteiger partial charge in [-0.15, -0.1) is 0 Å². The minimum Gasteiger partial charge on any atom is -0.542 e. The van der Waals surface area contributed by atoms with Crippen molar-refractivity contribution in [3.05, 3.63) is 0 Å². The van der Waals surface area contributed by atoms with Gasteiger partial charge in [-0.2, -0.15) is 13.2 Å². The molecule has 14 heavy (non-hydrogen) atoms. The maximum absolute atomic E-state index is 10.5. The van der Waals surface area contributed by atoms with Crippen molar-refractivity contribution >= 4 is 11.9 Å². The van der Waals surface area contributed by atoms with Crippen LogP contribution in [0.1, 0.15) is 19.8 Å². The summed E-state index contributed by atoms with van der Waals surface area (Å²) in [5.74, 6) is -3.22. The minimum absolute atomic E-state index is 0. The molecular weight excluding hydrogens is 214 g/mol. The van der Waals surface area contributed by atoms with E-state index in [1.54, 1.807) is 0 Å². The van der Waals surface area contributed by atoms with Gasteiger partial charge in [0.05, 0.1) is 0 Å². The Hall–Kier alpha value is -0.270. The van der Waals surface area contributed by atoms with Crippen LogP contribution in [-0.2, 0) is 9.59 Å². The number of aliphatic carboxylic acids is 1. The van der Waals surface area contributed by atoms with E-state index >= 15 is 0 Å². The number of rotatable bonds is 2. The van der Waals surface area contributed by atoms with Crippen LogP contribution in [0.15, 0.2) is 0 Å². The van der Waals surface area contributed by atoms with E-state index in [0.29, 0.717) is 6.42 Å². The third-order valence-corrected chi connectivity index (χ3v) is 0.728. The summed E-state index contributed by atoms with van der Waals surface area (Å²) in [6, 6.07) is 0. The molecule has 0 radical (unpaired) electrons. The molecule has 0 aliphatic carbocycles. The van der Waals surface area contributed by atoms with Crippen LogP contribution >= 0.6 is 0 Å². The number of carbonyl (C=O) groups is 2. The number of primary amides is 1. The van der Waals surface area contributed by atoms with Crippen molar-refractivity contribution in [2.45, 2.75) is 25.9 Å². The molecule has 0 aromatic rings. The van der Waals surface area contributed by atoms with Gasteiger partial charge < -0.3 is 15.6 Å². The van der Waals surface area contributed by atoms with Crippen LogP contribution < -0.4 is 40.4 Å². The fourth-order valence-corrected chi connectivity index (χ4v) is 0.246. The van der Waals surface area contributed by atoms with Crippen LogP contribution in [0.4, 0.5) is 13.2 Å². The number of hydrogen-bond donors (Lipinski definition) is 1. The summed E-state index contributed by atoms with van der Waals surface area (Å²) >= 11 is 0. The van der Waals surface area contributed by atoms with Gasteiger partial charge >= 0.3 is 35.7 Å². The van der Waals surface area contributed by atoms with Gasteiger partial charge in [0.25, 0.3) is 0 Å². The zero-order valence-corrected chi connectivity index (χ0v) is 9.85. The van der Waals surface area contributed by atoms with Gasteiger partial charge in [-0.1, -0.05) is 6.92 Å². The van der Waals surface area contributed by atoms with Gasteiger partial charge in [0, 0.05) is 6.42 Å². The second-order valence-corrected chi connectivity index (χ2v) is 2.00. The van der Waals surface area contributed by atoms with Crippen LogP contribution in [0.3, 0.4) is 0 Å². The Morgan fingerprint density at radius 2 is 1.64 bits per heavy atom. The molecule has 0 heterocycles. The van der Waals surface area contributed by atoms with Gasteiger partial charge in [0.15, 0.2) is 0 Å². The van der Waals surface area contributed by atoms with Gasteiger partial charge in [-0.3, -0.25) is 4.79 Å². The monoisotopic (exact) mass is 223 g/mol. The first kappa shape index (κ1) is 19.3. The first-order chi connectivity index (χ1) is 5.71. The maximum Gasteiger partial charge on any atom is 1.00 e. The van der Waals surface area contributed by atoms with Gasteiger partial charge in [-0.25, -0.2) is 0 Å². The van der Waals surface area contributed by atoms with E-state index < -0.39 is 12.1 Å². The second-order valence-electron chi connectivity index (χ2n) is 2.00. The summed E-state index contributed by atoms with van der Waals surface area (Å²) in [4.78, 5) is 18.6. The van der Waals surface area contributed by atoms with Crippen molar-refractivity contribution in [1.29, 1.82) is 0 Å². The predicted octanol–water partition coefficient (Wildman–Crippen LogP) is -3.43. The summed E-state index contributed by atoms with van der Waals surface area (Å²) in [6.07, 6.45) is -3.82. The SMILES string of the molecule is CCCC(N)=O.O=C([O-])C(F)(F)F.[Na+]. The Morgan fingerprint density at radius 3 is 1.64 bits per heavy atom. The average molecular weight is 223 g/mol. The first-order valence-electron chi connectivity index (χ1n) is 3.28. The van der Waals surface area contributed by atoms with Crippen molar-refractivity contribution in [2.75, 3.05) is 0 Å². The average Bonchev–Trinajstić information content (AvgIpc) is 1.85. The number of carboxylic acids is 1. The molecule has 0 saturated heterocycles. The van der Waals surface area contributed by atoms with E-state index in [2.05, 4.69) is 0 Å². The normalized spacial score (nSPS) is 9.14. The smallest absolute Gasteiger partial charge is 0.542 e. The van der Waals surface area contributed by atoms with Crippen LogP contribution in [0, 0.1) is 0 Å². The Balaban J connectivity index is -0.000000163. The summed E-state index contributed by atoms with van der Waals surface area (Å²) in [7, 11) is 0. The molecule has 0 aromatic heterocycles. The number of amides is 1. The van der Waals surface area contributed by atoms with Crippen molar-refractivity contribution in [3.8, 4) is 0 Å². The van der Waals surface area contributed by atoms with E-state index in [1.807, 2.05) is 6.92 Å². The maximum atomic E-state index is 10.5. The van der Waals surface area contributed by atoms with Crippen molar-refractivity contribution < 1.29 is 57.4 Å². The number of carboxylic acid groups (broad SMARTS) is 1. The molecule has 4 nitrogen and oxygen atoms in total. The Morgan fingerprint density at radius 1 is 1.36 bits per heavy atom. The molecule has 0 fully saturated rings. The minimum atomic E-state index is -5.19. The number of carbonyl (C=O) groups excluding carboxylic acids is 2. The number of nitrogens with two attached hydrogens (primary N) is 1. The molecular formula is C6H9F3NNaO3. The molecule has 8 heteroatoms. The van der Waals surface area contributed by atoms with Gasteiger partial charge in [-0.05, 0) is 6.42 Å². The Bertz CT molecular complexity index is 184. The number of hydrogen-bond acceptors (Lipinski definition) is 3. The predicted molar refractivity (Wildman–Crippen MR) is 35.2 cm³/mol. The Labute approximate surface area is 101 Å². The molecule has 0 spiro atoms. The van der Waals surface area contributed by atoms with E-state index in [1.165, 1.54) is 0 Å². The number of halogens is 3. The Kier molecular flexibility index (Phi) is 12.8. The topological polar surface area (TPSA) is 83.2 Å². The standard InChI is InChI=1S/C4H9NO.C2HF3O2.Na/c1-2-3-4(5)6;3-2(4,5)1(6)7;/h2-3H2,1H3,(H2,5,6);(H,6,7);/q;;+1/p-1. The summed E-state index contributed by atoms with van der Waals surface area (Å²) in [6.45, 7) is 1.92. The van der Waals surface area contributed by atoms with Gasteiger partial charge in [0.1, 0.15) is 5.97 Å².